The average molecular weight is 463 g/mol. The van der Waals surface area contributed by atoms with Crippen molar-refractivity contribution in [3.05, 3.63) is 95.1 Å². The Kier molecular flexibility index (Phi) is 6.40. The monoisotopic (exact) mass is 462 g/mol. The summed E-state index contributed by atoms with van der Waals surface area (Å²) in [5.41, 5.74) is 3.70. The van der Waals surface area contributed by atoms with Crippen LogP contribution in [0.3, 0.4) is 0 Å². The van der Waals surface area contributed by atoms with Crippen LogP contribution in [-0.4, -0.2) is 34.2 Å². The van der Waals surface area contributed by atoms with Crippen LogP contribution in [0, 0.1) is 19.7 Å². The van der Waals surface area contributed by atoms with Crippen LogP contribution in [0.25, 0.3) is 5.69 Å². The van der Waals surface area contributed by atoms with Gasteiger partial charge in [0.1, 0.15) is 29.2 Å². The fourth-order valence-corrected chi connectivity index (χ4v) is 4.14. The number of ether oxygens (including phenoxy) is 2. The second kappa shape index (κ2) is 9.43. The van der Waals surface area contributed by atoms with Crippen molar-refractivity contribution in [2.45, 2.75) is 19.9 Å². The van der Waals surface area contributed by atoms with E-state index < -0.39 is 6.04 Å². The second-order valence-electron chi connectivity index (χ2n) is 8.05. The van der Waals surface area contributed by atoms with Gasteiger partial charge in [-0.05, 0) is 61.9 Å². The first kappa shape index (κ1) is 23.1. The Morgan fingerprint density at radius 1 is 1.03 bits per heavy atom. The fourth-order valence-electron chi connectivity index (χ4n) is 4.14. The second-order valence-corrected chi connectivity index (χ2v) is 8.05. The topological polar surface area (TPSA) is 70.3 Å². The van der Waals surface area contributed by atoms with E-state index in [-0.39, 0.29) is 11.7 Å². The molecule has 1 unspecified atom stereocenters. The van der Waals surface area contributed by atoms with Crippen molar-refractivity contribution in [1.82, 2.24) is 19.4 Å². The number of carbonyl (C=O) groups is 1. The van der Waals surface area contributed by atoms with Crippen molar-refractivity contribution in [2.75, 3.05) is 14.2 Å². The average Bonchev–Trinajstić information content (AvgIpc) is 3.39. The number of imidazole rings is 1. The van der Waals surface area contributed by atoms with E-state index in [2.05, 4.69) is 10.3 Å². The highest BCUT2D eigenvalue weighted by Gasteiger charge is 2.25. The molecule has 1 N–H and O–H groups in total. The number of nitrogens with zero attached hydrogens (tertiary/aromatic N) is 3. The lowest BCUT2D eigenvalue weighted by atomic mass is 10.0. The van der Waals surface area contributed by atoms with E-state index in [1.54, 1.807) is 38.6 Å². The number of nitrogens with one attached hydrogen (secondary N) is 1. The summed E-state index contributed by atoms with van der Waals surface area (Å²) in [6.45, 7) is 3.78. The van der Waals surface area contributed by atoms with Gasteiger partial charge in [-0.15, -0.1) is 0 Å². The molecule has 2 heterocycles. The standard InChI is InChI=1S/C26H27FN4O3/c1-16-12-23(17(2)31(16)20-8-6-19(27)7-9-20)26(32)29-24(25-28-10-11-30(25)3)18-13-21(33-4)15-22(14-18)34-5/h6-15,24H,1-5H3,(H,29,32). The summed E-state index contributed by atoms with van der Waals surface area (Å²) in [5, 5.41) is 3.13. The molecule has 34 heavy (non-hydrogen) atoms. The summed E-state index contributed by atoms with van der Waals surface area (Å²) in [6.07, 6.45) is 3.51. The highest BCUT2D eigenvalue weighted by molar-refractivity contribution is 5.96. The fraction of sp³-hybridized carbons (Fsp3) is 0.231. The number of amides is 1. The van der Waals surface area contributed by atoms with Gasteiger partial charge in [0.2, 0.25) is 0 Å². The third kappa shape index (κ3) is 4.39. The molecule has 0 aliphatic carbocycles. The number of aryl methyl sites for hydroxylation is 2. The SMILES string of the molecule is COc1cc(OC)cc(C(NC(=O)c2cc(C)n(-c3ccc(F)cc3)c2C)c2nccn2C)c1. The van der Waals surface area contributed by atoms with Crippen molar-refractivity contribution in [3.63, 3.8) is 0 Å². The van der Waals surface area contributed by atoms with Gasteiger partial charge in [0.05, 0.1) is 19.8 Å². The first-order valence-electron chi connectivity index (χ1n) is 10.8. The minimum Gasteiger partial charge on any atom is -0.497 e. The van der Waals surface area contributed by atoms with Crippen LogP contribution < -0.4 is 14.8 Å². The lowest BCUT2D eigenvalue weighted by Crippen LogP contribution is -2.31. The van der Waals surface area contributed by atoms with Crippen LogP contribution in [0.2, 0.25) is 0 Å². The third-order valence-electron chi connectivity index (χ3n) is 5.86. The minimum atomic E-state index is -0.551. The number of aromatic nitrogens is 3. The van der Waals surface area contributed by atoms with Gasteiger partial charge in [-0.2, -0.15) is 0 Å². The predicted octanol–water partition coefficient (Wildman–Crippen LogP) is 4.50. The minimum absolute atomic E-state index is 0.253. The molecule has 0 aliphatic rings. The summed E-state index contributed by atoms with van der Waals surface area (Å²) in [7, 11) is 5.04. The number of carbonyl (C=O) groups excluding carboxylic acids is 1. The molecule has 2 aromatic heterocycles. The number of rotatable bonds is 7. The third-order valence-corrected chi connectivity index (χ3v) is 5.86. The Hall–Kier alpha value is -4.07. The molecule has 1 amide bonds. The molecule has 0 saturated heterocycles. The van der Waals surface area contributed by atoms with Crippen LogP contribution in [0.15, 0.2) is 60.9 Å². The molecule has 4 rings (SSSR count). The highest BCUT2D eigenvalue weighted by Crippen LogP contribution is 2.30. The zero-order valence-electron chi connectivity index (χ0n) is 19.8. The summed E-state index contributed by atoms with van der Waals surface area (Å²) < 4.78 is 28.1. The normalized spacial score (nSPS) is 11.8. The molecule has 0 spiro atoms. The highest BCUT2D eigenvalue weighted by atomic mass is 19.1. The van der Waals surface area contributed by atoms with Crippen LogP contribution >= 0.6 is 0 Å². The zero-order chi connectivity index (χ0) is 24.4. The maximum atomic E-state index is 13.5. The maximum Gasteiger partial charge on any atom is 0.253 e. The van der Waals surface area contributed by atoms with E-state index in [4.69, 9.17) is 9.47 Å². The van der Waals surface area contributed by atoms with Gasteiger partial charge >= 0.3 is 0 Å². The van der Waals surface area contributed by atoms with Gasteiger partial charge in [0.15, 0.2) is 0 Å². The van der Waals surface area contributed by atoms with E-state index >= 15 is 0 Å². The summed E-state index contributed by atoms with van der Waals surface area (Å²) in [6, 6.07) is 12.9. The number of hydrogen-bond donors (Lipinski definition) is 1. The molecule has 0 radical (unpaired) electrons. The largest absolute Gasteiger partial charge is 0.497 e. The van der Waals surface area contributed by atoms with Crippen LogP contribution in [0.1, 0.15) is 39.2 Å². The van der Waals surface area contributed by atoms with Gasteiger partial charge < -0.3 is 23.9 Å². The van der Waals surface area contributed by atoms with Gasteiger partial charge in [-0.3, -0.25) is 4.79 Å². The van der Waals surface area contributed by atoms with E-state index in [0.29, 0.717) is 22.9 Å². The zero-order valence-corrected chi connectivity index (χ0v) is 19.8. The molecule has 8 heteroatoms. The van der Waals surface area contributed by atoms with Crippen LogP contribution in [0.5, 0.6) is 11.5 Å². The number of benzene rings is 2. The van der Waals surface area contributed by atoms with Crippen LogP contribution in [0.4, 0.5) is 4.39 Å². The molecule has 0 saturated carbocycles. The van der Waals surface area contributed by atoms with E-state index in [0.717, 1.165) is 22.6 Å². The Morgan fingerprint density at radius 2 is 1.68 bits per heavy atom. The Balaban J connectivity index is 1.74. The number of hydrogen-bond acceptors (Lipinski definition) is 4. The van der Waals surface area contributed by atoms with Gasteiger partial charge in [0.25, 0.3) is 5.91 Å². The van der Waals surface area contributed by atoms with Gasteiger partial charge in [0, 0.05) is 42.6 Å². The van der Waals surface area contributed by atoms with E-state index in [9.17, 15) is 9.18 Å². The quantitative estimate of drug-likeness (QED) is 0.439. The van der Waals surface area contributed by atoms with Gasteiger partial charge in [-0.25, -0.2) is 9.37 Å². The Morgan fingerprint density at radius 3 is 2.24 bits per heavy atom. The lowest BCUT2D eigenvalue weighted by Gasteiger charge is -2.20. The van der Waals surface area contributed by atoms with Crippen molar-refractivity contribution in [1.29, 1.82) is 0 Å². The van der Waals surface area contributed by atoms with Crippen molar-refractivity contribution < 1.29 is 18.7 Å². The lowest BCUT2D eigenvalue weighted by molar-refractivity contribution is 0.0940. The van der Waals surface area contributed by atoms with Gasteiger partial charge in [-0.1, -0.05) is 0 Å². The first-order chi connectivity index (χ1) is 16.3. The number of halogens is 1. The summed E-state index contributed by atoms with van der Waals surface area (Å²) in [5.74, 6) is 1.32. The molecular formula is C26H27FN4O3. The van der Waals surface area contributed by atoms with Crippen molar-refractivity contribution in [2.24, 2.45) is 7.05 Å². The Bertz CT molecular complexity index is 1300. The molecule has 176 valence electrons. The van der Waals surface area contributed by atoms with E-state index in [1.807, 2.05) is 54.4 Å². The smallest absolute Gasteiger partial charge is 0.253 e. The van der Waals surface area contributed by atoms with E-state index in [1.165, 1.54) is 12.1 Å². The maximum absolute atomic E-state index is 13.5. The molecule has 0 bridgehead atoms. The molecule has 4 aromatic rings. The summed E-state index contributed by atoms with van der Waals surface area (Å²) >= 11 is 0. The molecule has 7 nitrogen and oxygen atoms in total. The number of methoxy groups -OCH3 is 2. The molecule has 0 aliphatic heterocycles. The molecular weight excluding hydrogens is 435 g/mol. The predicted molar refractivity (Wildman–Crippen MR) is 127 cm³/mol. The van der Waals surface area contributed by atoms with Crippen molar-refractivity contribution >= 4 is 5.91 Å². The molecule has 1 atom stereocenters. The Labute approximate surface area is 197 Å². The molecule has 2 aromatic carbocycles. The first-order valence-corrected chi connectivity index (χ1v) is 10.8. The summed E-state index contributed by atoms with van der Waals surface area (Å²) in [4.78, 5) is 18.0. The van der Waals surface area contributed by atoms with Crippen molar-refractivity contribution in [3.8, 4) is 17.2 Å². The van der Waals surface area contributed by atoms with Crippen LogP contribution in [-0.2, 0) is 7.05 Å². The molecule has 0 fully saturated rings.